The molecule has 0 amide bonds. The van der Waals surface area contributed by atoms with Crippen LogP contribution in [0.4, 0.5) is 0 Å². The van der Waals surface area contributed by atoms with E-state index in [0.29, 0.717) is 22.7 Å². The first-order valence-corrected chi connectivity index (χ1v) is 12.4. The quantitative estimate of drug-likeness (QED) is 0.360. The number of nitrogens with one attached hydrogen (secondary N) is 2. The van der Waals surface area contributed by atoms with Gasteiger partial charge in [0.1, 0.15) is 10.7 Å². The number of hydrogen-bond acceptors (Lipinski definition) is 6. The Balaban J connectivity index is 1.41. The standard InChI is InChI=1S/C21H20BrN5OS2/c1-10-3-8-14-15(9-10)30-20-16(14)19(28)23-17(24-20)11(2)29-21-25-18(26-27-21)12-4-6-13(22)7-5-12/h4-7,10-11H,3,8-9H2,1-2H3,(H,23,24,28)(H,25,26,27). The Kier molecular flexibility index (Phi) is 5.28. The summed E-state index contributed by atoms with van der Waals surface area (Å²) in [4.78, 5) is 27.4. The first-order chi connectivity index (χ1) is 14.5. The number of H-pyrrole nitrogens is 2. The van der Waals surface area contributed by atoms with Crippen LogP contribution < -0.4 is 5.56 Å². The third-order valence-electron chi connectivity index (χ3n) is 5.43. The lowest BCUT2D eigenvalue weighted by Gasteiger charge is -2.17. The highest BCUT2D eigenvalue weighted by Gasteiger charge is 2.24. The fourth-order valence-electron chi connectivity index (χ4n) is 3.81. The molecule has 0 spiro atoms. The summed E-state index contributed by atoms with van der Waals surface area (Å²) in [5.41, 5.74) is 2.15. The number of benzene rings is 1. The number of fused-ring (bicyclic) bond motifs is 3. The summed E-state index contributed by atoms with van der Waals surface area (Å²) in [6, 6.07) is 7.90. The highest BCUT2D eigenvalue weighted by atomic mass is 79.9. The fourth-order valence-corrected chi connectivity index (χ4v) is 6.24. The van der Waals surface area contributed by atoms with Crippen molar-refractivity contribution < 1.29 is 0 Å². The molecular formula is C21H20BrN5OS2. The maximum atomic E-state index is 12.8. The van der Waals surface area contributed by atoms with E-state index in [1.165, 1.54) is 22.2 Å². The summed E-state index contributed by atoms with van der Waals surface area (Å²) in [7, 11) is 0. The molecule has 1 aliphatic rings. The van der Waals surface area contributed by atoms with Gasteiger partial charge < -0.3 is 4.98 Å². The number of nitrogens with zero attached hydrogens (tertiary/aromatic N) is 3. The van der Waals surface area contributed by atoms with E-state index in [2.05, 4.69) is 43.0 Å². The number of thioether (sulfide) groups is 1. The number of hydrogen-bond donors (Lipinski definition) is 2. The molecule has 5 rings (SSSR count). The second-order valence-corrected chi connectivity index (χ2v) is 11.0. The first kappa shape index (κ1) is 20.0. The van der Waals surface area contributed by atoms with Crippen LogP contribution in [0.1, 0.15) is 41.8 Å². The number of aromatic nitrogens is 5. The molecule has 3 aromatic heterocycles. The predicted octanol–water partition coefficient (Wildman–Crippen LogP) is 5.51. The molecule has 0 saturated carbocycles. The fraction of sp³-hybridized carbons (Fsp3) is 0.333. The molecule has 30 heavy (non-hydrogen) atoms. The molecule has 2 atom stereocenters. The summed E-state index contributed by atoms with van der Waals surface area (Å²) in [5, 5.41) is 8.66. The Labute approximate surface area is 190 Å². The molecule has 3 heterocycles. The van der Waals surface area contributed by atoms with Gasteiger partial charge in [-0.3, -0.25) is 9.89 Å². The van der Waals surface area contributed by atoms with E-state index in [1.807, 2.05) is 31.2 Å². The monoisotopic (exact) mass is 501 g/mol. The predicted molar refractivity (Wildman–Crippen MR) is 125 cm³/mol. The van der Waals surface area contributed by atoms with Crippen molar-refractivity contribution in [2.24, 2.45) is 5.92 Å². The maximum Gasteiger partial charge on any atom is 0.259 e. The summed E-state index contributed by atoms with van der Waals surface area (Å²) in [6.07, 6.45) is 3.16. The minimum absolute atomic E-state index is 0.0277. The summed E-state index contributed by atoms with van der Waals surface area (Å²) >= 11 is 6.59. The highest BCUT2D eigenvalue weighted by Crippen LogP contribution is 2.37. The van der Waals surface area contributed by atoms with Gasteiger partial charge in [0.2, 0.25) is 5.16 Å². The van der Waals surface area contributed by atoms with E-state index in [4.69, 9.17) is 4.98 Å². The van der Waals surface area contributed by atoms with Crippen LogP contribution in [0.5, 0.6) is 0 Å². The van der Waals surface area contributed by atoms with E-state index >= 15 is 0 Å². The lowest BCUT2D eigenvalue weighted by Crippen LogP contribution is -2.15. The zero-order chi connectivity index (χ0) is 20.8. The average Bonchev–Trinajstić information content (AvgIpc) is 3.32. The molecule has 0 bridgehead atoms. The number of halogens is 1. The van der Waals surface area contributed by atoms with Gasteiger partial charge in [-0.25, -0.2) is 9.97 Å². The SMILES string of the molecule is CC1CCc2c(sc3nc(C(C)Sc4n[nH]c(-c5ccc(Br)cc5)n4)[nH]c(=O)c23)C1. The Morgan fingerprint density at radius 2 is 2.07 bits per heavy atom. The minimum Gasteiger partial charge on any atom is -0.309 e. The van der Waals surface area contributed by atoms with Crippen LogP contribution in [-0.4, -0.2) is 25.1 Å². The third-order valence-corrected chi connectivity index (χ3v) is 8.08. The molecule has 0 fully saturated rings. The molecule has 1 aliphatic carbocycles. The van der Waals surface area contributed by atoms with E-state index in [0.717, 1.165) is 39.5 Å². The summed E-state index contributed by atoms with van der Waals surface area (Å²) < 4.78 is 1.02. The molecule has 0 aliphatic heterocycles. The molecule has 6 nitrogen and oxygen atoms in total. The molecular weight excluding hydrogens is 482 g/mol. The van der Waals surface area contributed by atoms with Crippen molar-refractivity contribution in [1.29, 1.82) is 0 Å². The smallest absolute Gasteiger partial charge is 0.259 e. The van der Waals surface area contributed by atoms with Crippen LogP contribution in [0, 0.1) is 5.92 Å². The van der Waals surface area contributed by atoms with Crippen molar-refractivity contribution >= 4 is 49.2 Å². The van der Waals surface area contributed by atoms with Crippen molar-refractivity contribution in [2.75, 3.05) is 0 Å². The van der Waals surface area contributed by atoms with Gasteiger partial charge in [0.05, 0.1) is 10.6 Å². The Hall–Kier alpha value is -1.97. The molecule has 1 aromatic carbocycles. The van der Waals surface area contributed by atoms with Crippen LogP contribution in [0.15, 0.2) is 38.7 Å². The molecule has 2 unspecified atom stereocenters. The second-order valence-electron chi connectivity index (χ2n) is 7.72. The van der Waals surface area contributed by atoms with Crippen LogP contribution in [0.25, 0.3) is 21.6 Å². The van der Waals surface area contributed by atoms with Crippen LogP contribution in [0.3, 0.4) is 0 Å². The molecule has 0 radical (unpaired) electrons. The van der Waals surface area contributed by atoms with Gasteiger partial charge >= 0.3 is 0 Å². The molecule has 9 heteroatoms. The van der Waals surface area contributed by atoms with Crippen LogP contribution in [0.2, 0.25) is 0 Å². The van der Waals surface area contributed by atoms with Gasteiger partial charge in [-0.05, 0) is 49.8 Å². The van der Waals surface area contributed by atoms with Crippen molar-refractivity contribution in [3.8, 4) is 11.4 Å². The largest absolute Gasteiger partial charge is 0.309 e. The van der Waals surface area contributed by atoms with Gasteiger partial charge in [0, 0.05) is 14.9 Å². The summed E-state index contributed by atoms with van der Waals surface area (Å²) in [5.74, 6) is 2.05. The molecule has 154 valence electrons. The van der Waals surface area contributed by atoms with Gasteiger partial charge in [-0.1, -0.05) is 46.7 Å². The topological polar surface area (TPSA) is 87.3 Å². The first-order valence-electron chi connectivity index (χ1n) is 9.87. The van der Waals surface area contributed by atoms with Crippen LogP contribution >= 0.6 is 39.0 Å². The number of aryl methyl sites for hydroxylation is 1. The van der Waals surface area contributed by atoms with E-state index < -0.39 is 0 Å². The van der Waals surface area contributed by atoms with Crippen molar-refractivity contribution in [1.82, 2.24) is 25.1 Å². The van der Waals surface area contributed by atoms with E-state index in [-0.39, 0.29) is 10.8 Å². The average molecular weight is 502 g/mol. The van der Waals surface area contributed by atoms with Crippen LogP contribution in [-0.2, 0) is 12.8 Å². The Bertz CT molecular complexity index is 1280. The molecule has 0 saturated heterocycles. The molecule has 2 N–H and O–H groups in total. The number of aromatic amines is 2. The van der Waals surface area contributed by atoms with E-state index in [1.54, 1.807) is 11.3 Å². The van der Waals surface area contributed by atoms with Gasteiger partial charge in [0.25, 0.3) is 5.56 Å². The van der Waals surface area contributed by atoms with Gasteiger partial charge in [-0.15, -0.1) is 16.4 Å². The Morgan fingerprint density at radius 3 is 2.87 bits per heavy atom. The number of thiophene rings is 1. The van der Waals surface area contributed by atoms with Gasteiger partial charge in [-0.2, -0.15) is 0 Å². The minimum atomic E-state index is -0.0753. The number of rotatable bonds is 4. The second kappa shape index (κ2) is 7.94. The lowest BCUT2D eigenvalue weighted by atomic mass is 9.89. The normalized spacial score (nSPS) is 17.2. The molecule has 4 aromatic rings. The zero-order valence-electron chi connectivity index (χ0n) is 16.5. The zero-order valence-corrected chi connectivity index (χ0v) is 19.7. The third kappa shape index (κ3) is 3.74. The van der Waals surface area contributed by atoms with E-state index in [9.17, 15) is 4.79 Å². The summed E-state index contributed by atoms with van der Waals surface area (Å²) in [6.45, 7) is 4.29. The highest BCUT2D eigenvalue weighted by molar-refractivity contribution is 9.10. The maximum absolute atomic E-state index is 12.8. The van der Waals surface area contributed by atoms with Crippen molar-refractivity contribution in [2.45, 2.75) is 43.5 Å². The van der Waals surface area contributed by atoms with Crippen molar-refractivity contribution in [3.63, 3.8) is 0 Å². The lowest BCUT2D eigenvalue weighted by molar-refractivity contribution is 0.509. The Morgan fingerprint density at radius 1 is 1.27 bits per heavy atom. The van der Waals surface area contributed by atoms with Crippen molar-refractivity contribution in [3.05, 3.63) is 55.4 Å². The van der Waals surface area contributed by atoms with Gasteiger partial charge in [0.15, 0.2) is 5.82 Å².